The van der Waals surface area contributed by atoms with Gasteiger partial charge in [0.15, 0.2) is 0 Å². The van der Waals surface area contributed by atoms with Crippen LogP contribution in [0.2, 0.25) is 0 Å². The minimum absolute atomic E-state index is 0.245. The van der Waals surface area contributed by atoms with Crippen LogP contribution in [0, 0.1) is 0 Å². The standard InChI is InChI=1S/C18H17N3OS/c1-2-6-14-11(4-1)13(8-9-22-14)21-17-16-12-5-3-7-15(12)23-18(16)20-10-19-17/h1-2,4,6,10,13H,3,5,7-9H2,(H,19,20,21)/t13-/m0/s1. The fraction of sp³-hybridized carbons (Fsp3) is 0.333. The Bertz CT molecular complexity index is 889. The topological polar surface area (TPSA) is 47.0 Å². The molecule has 0 spiro atoms. The molecule has 116 valence electrons. The average Bonchev–Trinajstić information content (AvgIpc) is 3.16. The Morgan fingerprint density at radius 3 is 3.13 bits per heavy atom. The summed E-state index contributed by atoms with van der Waals surface area (Å²) in [5.41, 5.74) is 2.69. The number of rotatable bonds is 2. The molecular weight excluding hydrogens is 306 g/mol. The van der Waals surface area contributed by atoms with Gasteiger partial charge in [-0.2, -0.15) is 0 Å². The van der Waals surface area contributed by atoms with Crippen LogP contribution in [0.5, 0.6) is 5.75 Å². The van der Waals surface area contributed by atoms with E-state index in [9.17, 15) is 0 Å². The highest BCUT2D eigenvalue weighted by molar-refractivity contribution is 7.19. The summed E-state index contributed by atoms with van der Waals surface area (Å²) in [6.07, 6.45) is 6.24. The minimum atomic E-state index is 0.245. The van der Waals surface area contributed by atoms with Crippen molar-refractivity contribution >= 4 is 27.4 Å². The largest absolute Gasteiger partial charge is 0.493 e. The van der Waals surface area contributed by atoms with E-state index in [4.69, 9.17) is 4.74 Å². The van der Waals surface area contributed by atoms with Gasteiger partial charge in [0.25, 0.3) is 0 Å². The lowest BCUT2D eigenvalue weighted by Gasteiger charge is -2.27. The number of para-hydroxylation sites is 1. The van der Waals surface area contributed by atoms with E-state index in [1.807, 2.05) is 23.5 Å². The van der Waals surface area contributed by atoms with Gasteiger partial charge in [-0.05, 0) is 30.9 Å². The van der Waals surface area contributed by atoms with Crippen LogP contribution >= 0.6 is 11.3 Å². The number of anilines is 1. The highest BCUT2D eigenvalue weighted by Gasteiger charge is 2.25. The maximum Gasteiger partial charge on any atom is 0.138 e. The van der Waals surface area contributed by atoms with Gasteiger partial charge in [0, 0.05) is 16.9 Å². The van der Waals surface area contributed by atoms with Crippen molar-refractivity contribution in [3.05, 3.63) is 46.6 Å². The molecule has 2 aromatic heterocycles. The summed E-state index contributed by atoms with van der Waals surface area (Å²) in [5, 5.41) is 4.92. The molecule has 4 nitrogen and oxygen atoms in total. The van der Waals surface area contributed by atoms with Crippen molar-refractivity contribution in [1.82, 2.24) is 9.97 Å². The summed E-state index contributed by atoms with van der Waals surface area (Å²) in [7, 11) is 0. The Balaban J connectivity index is 1.58. The van der Waals surface area contributed by atoms with Crippen LogP contribution in [0.1, 0.15) is 34.9 Å². The molecule has 1 atom stereocenters. The van der Waals surface area contributed by atoms with E-state index in [2.05, 4.69) is 27.4 Å². The Labute approximate surface area is 138 Å². The van der Waals surface area contributed by atoms with Crippen molar-refractivity contribution in [2.24, 2.45) is 0 Å². The number of hydrogen-bond donors (Lipinski definition) is 1. The summed E-state index contributed by atoms with van der Waals surface area (Å²) in [6.45, 7) is 0.741. The predicted octanol–water partition coefficient (Wildman–Crippen LogP) is 4.12. The molecule has 3 aromatic rings. The molecule has 0 saturated heterocycles. The second kappa shape index (κ2) is 5.20. The molecular formula is C18H17N3OS. The zero-order valence-corrected chi connectivity index (χ0v) is 13.5. The summed E-state index contributed by atoms with van der Waals surface area (Å²) in [5.74, 6) is 1.97. The van der Waals surface area contributed by atoms with E-state index >= 15 is 0 Å². The number of thiophene rings is 1. The Morgan fingerprint density at radius 2 is 2.13 bits per heavy atom. The molecule has 1 aromatic carbocycles. The van der Waals surface area contributed by atoms with Gasteiger partial charge in [-0.1, -0.05) is 18.2 Å². The first kappa shape index (κ1) is 13.3. The quantitative estimate of drug-likeness (QED) is 0.771. The first-order valence-electron chi connectivity index (χ1n) is 8.13. The Hall–Kier alpha value is -2.14. The van der Waals surface area contributed by atoms with Gasteiger partial charge in [-0.15, -0.1) is 11.3 Å². The number of benzene rings is 1. The second-order valence-electron chi connectivity index (χ2n) is 6.13. The molecule has 5 heteroatoms. The van der Waals surface area contributed by atoms with E-state index in [-0.39, 0.29) is 6.04 Å². The van der Waals surface area contributed by atoms with Crippen LogP contribution in [0.3, 0.4) is 0 Å². The van der Waals surface area contributed by atoms with Gasteiger partial charge in [-0.25, -0.2) is 9.97 Å². The van der Waals surface area contributed by atoms with Crippen molar-refractivity contribution in [3.63, 3.8) is 0 Å². The van der Waals surface area contributed by atoms with Gasteiger partial charge in [0.05, 0.1) is 18.0 Å². The number of aromatic nitrogens is 2. The van der Waals surface area contributed by atoms with Crippen LogP contribution in [0.25, 0.3) is 10.2 Å². The van der Waals surface area contributed by atoms with Crippen molar-refractivity contribution in [3.8, 4) is 5.75 Å². The molecule has 0 amide bonds. The maximum absolute atomic E-state index is 5.77. The molecule has 1 N–H and O–H groups in total. The zero-order valence-electron chi connectivity index (χ0n) is 12.7. The van der Waals surface area contributed by atoms with E-state index in [1.54, 1.807) is 6.33 Å². The number of ether oxygens (including phenoxy) is 1. The summed E-state index contributed by atoms with van der Waals surface area (Å²) >= 11 is 1.83. The zero-order chi connectivity index (χ0) is 15.2. The molecule has 1 aliphatic heterocycles. The number of aryl methyl sites for hydroxylation is 2. The maximum atomic E-state index is 5.77. The van der Waals surface area contributed by atoms with E-state index in [1.165, 1.54) is 34.2 Å². The molecule has 0 bridgehead atoms. The minimum Gasteiger partial charge on any atom is -0.493 e. The van der Waals surface area contributed by atoms with Crippen LogP contribution in [-0.2, 0) is 12.8 Å². The van der Waals surface area contributed by atoms with Crippen molar-refractivity contribution in [1.29, 1.82) is 0 Å². The highest BCUT2D eigenvalue weighted by atomic mass is 32.1. The van der Waals surface area contributed by atoms with Crippen LogP contribution < -0.4 is 10.1 Å². The molecule has 3 heterocycles. The van der Waals surface area contributed by atoms with Gasteiger partial charge in [0.2, 0.25) is 0 Å². The third-order valence-electron chi connectivity index (χ3n) is 4.77. The second-order valence-corrected chi connectivity index (χ2v) is 7.22. The SMILES string of the molecule is c1ccc2c(c1)OCC[C@@H]2Nc1ncnc2sc3c(c12)CCC3. The van der Waals surface area contributed by atoms with Gasteiger partial charge in [0.1, 0.15) is 22.7 Å². The normalized spacial score (nSPS) is 19.2. The fourth-order valence-corrected chi connectivity index (χ4v) is 4.92. The summed E-state index contributed by atoms with van der Waals surface area (Å²) in [4.78, 5) is 11.7. The van der Waals surface area contributed by atoms with Gasteiger partial charge in [-0.3, -0.25) is 0 Å². The lowest BCUT2D eigenvalue weighted by Crippen LogP contribution is -2.21. The Morgan fingerprint density at radius 1 is 1.17 bits per heavy atom. The van der Waals surface area contributed by atoms with Crippen molar-refractivity contribution < 1.29 is 4.74 Å². The molecule has 23 heavy (non-hydrogen) atoms. The first-order chi connectivity index (χ1) is 11.4. The molecule has 0 fully saturated rings. The smallest absolute Gasteiger partial charge is 0.138 e. The number of hydrogen-bond acceptors (Lipinski definition) is 5. The monoisotopic (exact) mass is 323 g/mol. The lowest BCUT2D eigenvalue weighted by atomic mass is 10.0. The molecule has 2 aliphatic rings. The van der Waals surface area contributed by atoms with E-state index < -0.39 is 0 Å². The number of nitrogens with zero attached hydrogens (tertiary/aromatic N) is 2. The molecule has 0 radical (unpaired) electrons. The van der Waals surface area contributed by atoms with Crippen LogP contribution in [0.4, 0.5) is 5.82 Å². The van der Waals surface area contributed by atoms with E-state index in [0.717, 1.165) is 35.8 Å². The van der Waals surface area contributed by atoms with E-state index in [0.29, 0.717) is 0 Å². The first-order valence-corrected chi connectivity index (χ1v) is 8.95. The van der Waals surface area contributed by atoms with Crippen LogP contribution in [0.15, 0.2) is 30.6 Å². The molecule has 5 rings (SSSR count). The van der Waals surface area contributed by atoms with Crippen molar-refractivity contribution in [2.75, 3.05) is 11.9 Å². The highest BCUT2D eigenvalue weighted by Crippen LogP contribution is 2.41. The molecule has 1 aliphatic carbocycles. The van der Waals surface area contributed by atoms with Gasteiger partial charge < -0.3 is 10.1 Å². The lowest BCUT2D eigenvalue weighted by molar-refractivity contribution is 0.274. The third kappa shape index (κ3) is 2.10. The average molecular weight is 323 g/mol. The van der Waals surface area contributed by atoms with Gasteiger partial charge >= 0.3 is 0 Å². The molecule has 0 unspecified atom stereocenters. The summed E-state index contributed by atoms with van der Waals surface area (Å²) in [6, 6.07) is 8.52. The Kier molecular flexibility index (Phi) is 3.01. The predicted molar refractivity (Wildman–Crippen MR) is 92.4 cm³/mol. The number of fused-ring (bicyclic) bond motifs is 4. The number of nitrogens with one attached hydrogen (secondary N) is 1. The van der Waals surface area contributed by atoms with Crippen molar-refractivity contribution in [2.45, 2.75) is 31.7 Å². The summed E-state index contributed by atoms with van der Waals surface area (Å²) < 4.78 is 5.77. The molecule has 0 saturated carbocycles. The van der Waals surface area contributed by atoms with Crippen LogP contribution in [-0.4, -0.2) is 16.6 Å². The fourth-order valence-electron chi connectivity index (χ4n) is 3.70. The third-order valence-corrected chi connectivity index (χ3v) is 5.97.